The summed E-state index contributed by atoms with van der Waals surface area (Å²) in [6.07, 6.45) is 2.19. The van der Waals surface area contributed by atoms with Gasteiger partial charge in [0.15, 0.2) is 9.84 Å². The van der Waals surface area contributed by atoms with Crippen LogP contribution in [0.5, 0.6) is 0 Å². The number of sulfone groups is 1. The minimum Gasteiger partial charge on any atom is -0.373 e. The zero-order valence-corrected chi connectivity index (χ0v) is 13.1. The molecule has 7 heteroatoms. The van der Waals surface area contributed by atoms with E-state index >= 15 is 0 Å². The molecule has 20 heavy (non-hydrogen) atoms. The van der Waals surface area contributed by atoms with Crippen LogP contribution in [0.4, 0.5) is 11.6 Å². The van der Waals surface area contributed by atoms with Crippen molar-refractivity contribution in [3.63, 3.8) is 0 Å². The predicted octanol–water partition coefficient (Wildman–Crippen LogP) is 1.27. The van der Waals surface area contributed by atoms with E-state index in [9.17, 15) is 8.42 Å². The van der Waals surface area contributed by atoms with E-state index in [1.54, 1.807) is 0 Å². The summed E-state index contributed by atoms with van der Waals surface area (Å²) in [5, 5.41) is 3.09. The summed E-state index contributed by atoms with van der Waals surface area (Å²) in [4.78, 5) is 10.7. The molecule has 0 saturated carbocycles. The van der Waals surface area contributed by atoms with Gasteiger partial charge in [0, 0.05) is 25.7 Å². The van der Waals surface area contributed by atoms with Crippen LogP contribution in [0.1, 0.15) is 31.7 Å². The molecule has 1 N–H and O–H groups in total. The molecular formula is C13H22N4O2S. The Labute approximate surface area is 120 Å². The second-order valence-electron chi connectivity index (χ2n) is 5.36. The molecular weight excluding hydrogens is 276 g/mol. The van der Waals surface area contributed by atoms with E-state index in [2.05, 4.69) is 34.0 Å². The van der Waals surface area contributed by atoms with Gasteiger partial charge >= 0.3 is 0 Å². The zero-order chi connectivity index (χ0) is 14.8. The fraction of sp³-hybridized carbons (Fsp3) is 0.692. The van der Waals surface area contributed by atoms with E-state index in [0.717, 1.165) is 23.7 Å². The molecule has 0 atom stereocenters. The summed E-state index contributed by atoms with van der Waals surface area (Å²) >= 11 is 0. The molecule has 2 heterocycles. The molecule has 112 valence electrons. The molecule has 0 aromatic carbocycles. The molecule has 6 nitrogen and oxygen atoms in total. The highest BCUT2D eigenvalue weighted by atomic mass is 32.2. The molecule has 1 aliphatic rings. The maximum absolute atomic E-state index is 11.7. The van der Waals surface area contributed by atoms with Gasteiger partial charge in [-0.1, -0.05) is 13.8 Å². The lowest BCUT2D eigenvalue weighted by Crippen LogP contribution is -2.29. The predicted molar refractivity (Wildman–Crippen MR) is 81.2 cm³/mol. The topological polar surface area (TPSA) is 75.2 Å². The third-order valence-electron chi connectivity index (χ3n) is 3.53. The fourth-order valence-electron chi connectivity index (χ4n) is 2.52. The Morgan fingerprint density at radius 3 is 2.65 bits per heavy atom. The molecule has 1 aromatic rings. The lowest BCUT2D eigenvalue weighted by atomic mass is 10.0. The molecule has 1 fully saturated rings. The van der Waals surface area contributed by atoms with Gasteiger partial charge in [-0.3, -0.25) is 0 Å². The van der Waals surface area contributed by atoms with Gasteiger partial charge < -0.3 is 10.2 Å². The summed E-state index contributed by atoms with van der Waals surface area (Å²) in [5.41, 5.74) is 1.05. The van der Waals surface area contributed by atoms with E-state index in [-0.39, 0.29) is 17.4 Å². The molecule has 0 spiro atoms. The number of nitrogens with one attached hydrogen (secondary N) is 1. The first-order chi connectivity index (χ1) is 9.44. The van der Waals surface area contributed by atoms with E-state index in [1.807, 2.05) is 7.05 Å². The van der Waals surface area contributed by atoms with Crippen LogP contribution in [0.15, 0.2) is 6.33 Å². The number of nitrogens with zero attached hydrogens (tertiary/aromatic N) is 3. The van der Waals surface area contributed by atoms with E-state index in [1.165, 1.54) is 6.33 Å². The summed E-state index contributed by atoms with van der Waals surface area (Å²) in [7, 11) is -1.07. The van der Waals surface area contributed by atoms with Crippen LogP contribution in [0.25, 0.3) is 0 Å². The lowest BCUT2D eigenvalue weighted by Gasteiger charge is -2.26. The molecule has 1 aliphatic heterocycles. The summed E-state index contributed by atoms with van der Waals surface area (Å²) in [6.45, 7) is 5.41. The maximum Gasteiger partial charge on any atom is 0.152 e. The van der Waals surface area contributed by atoms with Crippen LogP contribution in [0.2, 0.25) is 0 Å². The smallest absolute Gasteiger partial charge is 0.152 e. The van der Waals surface area contributed by atoms with Gasteiger partial charge in [-0.15, -0.1) is 0 Å². The number of anilines is 2. The second-order valence-corrected chi connectivity index (χ2v) is 7.66. The Bertz CT molecular complexity index is 572. The Balaban J connectivity index is 2.37. The molecule has 0 radical (unpaired) electrons. The molecule has 0 bridgehead atoms. The van der Waals surface area contributed by atoms with Gasteiger partial charge in [0.2, 0.25) is 0 Å². The van der Waals surface area contributed by atoms with Gasteiger partial charge in [-0.05, 0) is 12.3 Å². The Hall–Kier alpha value is -1.37. The highest BCUT2D eigenvalue weighted by Gasteiger charge is 2.24. The lowest BCUT2D eigenvalue weighted by molar-refractivity contribution is 0.597. The Kier molecular flexibility index (Phi) is 4.47. The molecule has 0 unspecified atom stereocenters. The number of hydrogen-bond donors (Lipinski definition) is 1. The van der Waals surface area contributed by atoms with Crippen molar-refractivity contribution in [1.82, 2.24) is 9.97 Å². The van der Waals surface area contributed by atoms with Gasteiger partial charge in [0.1, 0.15) is 18.0 Å². The molecule has 0 aliphatic carbocycles. The summed E-state index contributed by atoms with van der Waals surface area (Å²) < 4.78 is 23.4. The van der Waals surface area contributed by atoms with Crippen LogP contribution >= 0.6 is 0 Å². The largest absolute Gasteiger partial charge is 0.373 e. The van der Waals surface area contributed by atoms with Gasteiger partial charge in [-0.25, -0.2) is 18.4 Å². The summed E-state index contributed by atoms with van der Waals surface area (Å²) in [5.74, 6) is 2.41. The first kappa shape index (κ1) is 15.0. The van der Waals surface area contributed by atoms with Crippen molar-refractivity contribution in [2.75, 3.05) is 41.9 Å². The molecule has 1 saturated heterocycles. The SMILES string of the molecule is CNc1ncnc(N2CCCS(=O)(=O)CC2)c1C(C)C. The number of hydrogen-bond acceptors (Lipinski definition) is 6. The van der Waals surface area contributed by atoms with Gasteiger partial charge in [0.25, 0.3) is 0 Å². The van der Waals surface area contributed by atoms with Gasteiger partial charge in [-0.2, -0.15) is 0 Å². The van der Waals surface area contributed by atoms with E-state index < -0.39 is 9.84 Å². The van der Waals surface area contributed by atoms with Crippen LogP contribution < -0.4 is 10.2 Å². The maximum atomic E-state index is 11.7. The van der Waals surface area contributed by atoms with Crippen molar-refractivity contribution >= 4 is 21.5 Å². The average Bonchev–Trinajstić information content (AvgIpc) is 2.58. The second kappa shape index (κ2) is 5.95. The average molecular weight is 298 g/mol. The third kappa shape index (κ3) is 3.20. The van der Waals surface area contributed by atoms with Crippen molar-refractivity contribution in [3.05, 3.63) is 11.9 Å². The van der Waals surface area contributed by atoms with Crippen molar-refractivity contribution in [3.8, 4) is 0 Å². The monoisotopic (exact) mass is 298 g/mol. The Morgan fingerprint density at radius 1 is 1.25 bits per heavy atom. The quantitative estimate of drug-likeness (QED) is 0.905. The standard InChI is InChI=1S/C13H22N4O2S/c1-10(2)11-12(14-3)15-9-16-13(11)17-5-4-7-20(18,19)8-6-17/h9-10H,4-8H2,1-3H3,(H,14,15,16). The molecule has 0 amide bonds. The highest BCUT2D eigenvalue weighted by molar-refractivity contribution is 7.91. The van der Waals surface area contributed by atoms with E-state index in [4.69, 9.17) is 0 Å². The first-order valence-corrected chi connectivity index (χ1v) is 8.75. The van der Waals surface area contributed by atoms with E-state index in [0.29, 0.717) is 13.0 Å². The summed E-state index contributed by atoms with van der Waals surface area (Å²) in [6, 6.07) is 0. The Morgan fingerprint density at radius 2 is 2.00 bits per heavy atom. The van der Waals surface area contributed by atoms with Crippen LogP contribution in [-0.4, -0.2) is 50.0 Å². The minimum atomic E-state index is -2.91. The van der Waals surface area contributed by atoms with Crippen LogP contribution in [-0.2, 0) is 9.84 Å². The third-order valence-corrected chi connectivity index (χ3v) is 5.25. The van der Waals surface area contributed by atoms with Gasteiger partial charge in [0.05, 0.1) is 11.5 Å². The molecule has 1 aromatic heterocycles. The van der Waals surface area contributed by atoms with Crippen molar-refractivity contribution in [2.24, 2.45) is 0 Å². The number of aromatic nitrogens is 2. The molecule has 2 rings (SSSR count). The van der Waals surface area contributed by atoms with Crippen molar-refractivity contribution in [1.29, 1.82) is 0 Å². The zero-order valence-electron chi connectivity index (χ0n) is 12.3. The van der Waals surface area contributed by atoms with Crippen molar-refractivity contribution < 1.29 is 8.42 Å². The highest BCUT2D eigenvalue weighted by Crippen LogP contribution is 2.31. The van der Waals surface area contributed by atoms with Crippen LogP contribution in [0.3, 0.4) is 0 Å². The minimum absolute atomic E-state index is 0.198. The normalized spacial score (nSPS) is 18.9. The number of rotatable bonds is 3. The van der Waals surface area contributed by atoms with Crippen molar-refractivity contribution in [2.45, 2.75) is 26.2 Å². The first-order valence-electron chi connectivity index (χ1n) is 6.92. The van der Waals surface area contributed by atoms with Crippen LogP contribution in [0, 0.1) is 0 Å². The fourth-order valence-corrected chi connectivity index (χ4v) is 3.79.